The Balaban J connectivity index is 2.21. The summed E-state index contributed by atoms with van der Waals surface area (Å²) in [5.41, 5.74) is 0.888. The lowest BCUT2D eigenvalue weighted by atomic mass is 10.1. The average Bonchev–Trinajstić information content (AvgIpc) is 3.02. The zero-order valence-corrected chi connectivity index (χ0v) is 12.9. The number of thiazole rings is 1. The van der Waals surface area contributed by atoms with Gasteiger partial charge < -0.3 is 4.74 Å². The van der Waals surface area contributed by atoms with Gasteiger partial charge in [-0.15, -0.1) is 11.3 Å². The van der Waals surface area contributed by atoms with Crippen molar-refractivity contribution >= 4 is 17.3 Å². The zero-order valence-electron chi connectivity index (χ0n) is 12.1. The van der Waals surface area contributed by atoms with E-state index in [9.17, 15) is 18.0 Å². The second kappa shape index (κ2) is 6.07. The zero-order chi connectivity index (χ0) is 16.5. The highest BCUT2D eigenvalue weighted by atomic mass is 32.1. The van der Waals surface area contributed by atoms with Crippen molar-refractivity contribution in [3.63, 3.8) is 0 Å². The van der Waals surface area contributed by atoms with E-state index in [0.29, 0.717) is 11.4 Å². The third kappa shape index (κ3) is 3.65. The number of nitrogens with zero attached hydrogens (tertiary/aromatic N) is 2. The predicted octanol–water partition coefficient (Wildman–Crippen LogP) is 3.76. The molecule has 9 heteroatoms. The molecular weight excluding hydrogens is 319 g/mol. The van der Waals surface area contributed by atoms with E-state index in [1.165, 1.54) is 11.4 Å². The van der Waals surface area contributed by atoms with Crippen LogP contribution in [-0.4, -0.2) is 27.3 Å². The molecule has 0 saturated heterocycles. The number of esters is 1. The molecule has 0 bridgehead atoms. The topological polar surface area (TPSA) is 67.9 Å². The van der Waals surface area contributed by atoms with Crippen LogP contribution in [-0.2, 0) is 4.74 Å². The van der Waals surface area contributed by atoms with Crippen LogP contribution in [0.2, 0.25) is 0 Å². The predicted molar refractivity (Wildman–Crippen MR) is 73.7 cm³/mol. The Kier molecular flexibility index (Phi) is 4.55. The molecule has 0 aliphatic rings. The average molecular weight is 333 g/mol. The highest BCUT2D eigenvalue weighted by Gasteiger charge is 2.46. The first-order chi connectivity index (χ1) is 10.2. The molecule has 2 aromatic heterocycles. The minimum atomic E-state index is -4.74. The van der Waals surface area contributed by atoms with Crippen LogP contribution in [0, 0.1) is 6.92 Å². The largest absolute Gasteiger partial charge is 0.440 e. The van der Waals surface area contributed by atoms with Crippen molar-refractivity contribution in [2.45, 2.75) is 39.0 Å². The Labute approximate surface area is 128 Å². The number of aromatic nitrogens is 3. The van der Waals surface area contributed by atoms with Gasteiger partial charge in [-0.2, -0.15) is 18.3 Å². The van der Waals surface area contributed by atoms with Crippen LogP contribution in [0.4, 0.5) is 13.2 Å². The van der Waals surface area contributed by atoms with Gasteiger partial charge in [0.2, 0.25) is 6.10 Å². The number of hydrogen-bond donors (Lipinski definition) is 1. The molecule has 0 aromatic carbocycles. The number of H-pyrrole nitrogens is 1. The fraction of sp³-hybridized carbons (Fsp3) is 0.462. The lowest BCUT2D eigenvalue weighted by Gasteiger charge is -2.17. The Bertz CT molecular complexity index is 664. The summed E-state index contributed by atoms with van der Waals surface area (Å²) < 4.78 is 43.9. The SMILES string of the molecule is Cc1csc(C(OC(=O)c2cc(C(C)C)[nH]n2)C(F)(F)F)n1. The molecule has 2 aromatic rings. The number of ether oxygens (including phenoxy) is 1. The summed E-state index contributed by atoms with van der Waals surface area (Å²) in [5.74, 6) is -1.08. The Morgan fingerprint density at radius 1 is 1.41 bits per heavy atom. The quantitative estimate of drug-likeness (QED) is 0.865. The molecule has 120 valence electrons. The van der Waals surface area contributed by atoms with E-state index in [-0.39, 0.29) is 16.6 Å². The summed E-state index contributed by atoms with van der Waals surface area (Å²) in [4.78, 5) is 15.6. The van der Waals surface area contributed by atoms with Crippen molar-refractivity contribution in [1.82, 2.24) is 15.2 Å². The molecule has 5 nitrogen and oxygen atoms in total. The van der Waals surface area contributed by atoms with Crippen molar-refractivity contribution in [3.05, 3.63) is 33.5 Å². The molecule has 22 heavy (non-hydrogen) atoms. The maximum atomic E-state index is 13.1. The van der Waals surface area contributed by atoms with Gasteiger partial charge in [0, 0.05) is 16.8 Å². The minimum Gasteiger partial charge on any atom is -0.440 e. The van der Waals surface area contributed by atoms with Crippen LogP contribution in [0.1, 0.15) is 52.8 Å². The molecule has 0 amide bonds. The van der Waals surface area contributed by atoms with Crippen LogP contribution in [0.3, 0.4) is 0 Å². The normalized spacial score (nSPS) is 13.4. The summed E-state index contributed by atoms with van der Waals surface area (Å²) in [5, 5.41) is 7.44. The second-order valence-electron chi connectivity index (χ2n) is 5.02. The maximum Gasteiger partial charge on any atom is 0.432 e. The van der Waals surface area contributed by atoms with Gasteiger partial charge in [0.25, 0.3) is 0 Å². The number of carbonyl (C=O) groups excluding carboxylic acids is 1. The number of aromatic amines is 1. The Morgan fingerprint density at radius 3 is 2.55 bits per heavy atom. The lowest BCUT2D eigenvalue weighted by Crippen LogP contribution is -2.26. The molecule has 2 heterocycles. The van der Waals surface area contributed by atoms with Crippen molar-refractivity contribution in [3.8, 4) is 0 Å². The number of halogens is 3. The first-order valence-electron chi connectivity index (χ1n) is 6.43. The maximum absolute atomic E-state index is 13.1. The van der Waals surface area contributed by atoms with E-state index in [4.69, 9.17) is 0 Å². The summed E-state index contributed by atoms with van der Waals surface area (Å²) in [6, 6.07) is 1.38. The van der Waals surface area contributed by atoms with E-state index in [0.717, 1.165) is 11.3 Å². The smallest absolute Gasteiger partial charge is 0.432 e. The van der Waals surface area contributed by atoms with Gasteiger partial charge in [-0.05, 0) is 18.9 Å². The molecule has 0 radical (unpaired) electrons. The molecule has 1 N–H and O–H groups in total. The van der Waals surface area contributed by atoms with Crippen LogP contribution < -0.4 is 0 Å². The van der Waals surface area contributed by atoms with Gasteiger partial charge in [0.05, 0.1) is 0 Å². The third-order valence-electron chi connectivity index (χ3n) is 2.81. The van der Waals surface area contributed by atoms with Gasteiger partial charge in [-0.3, -0.25) is 5.10 Å². The number of aryl methyl sites for hydroxylation is 1. The van der Waals surface area contributed by atoms with Crippen LogP contribution in [0.15, 0.2) is 11.4 Å². The summed E-state index contributed by atoms with van der Waals surface area (Å²) in [6.45, 7) is 5.29. The second-order valence-corrected chi connectivity index (χ2v) is 5.91. The molecule has 1 atom stereocenters. The van der Waals surface area contributed by atoms with E-state index >= 15 is 0 Å². The van der Waals surface area contributed by atoms with Gasteiger partial charge >= 0.3 is 12.1 Å². The van der Waals surface area contributed by atoms with Crippen molar-refractivity contribution in [2.75, 3.05) is 0 Å². The fourth-order valence-corrected chi connectivity index (χ4v) is 2.50. The van der Waals surface area contributed by atoms with Crippen LogP contribution >= 0.6 is 11.3 Å². The fourth-order valence-electron chi connectivity index (χ4n) is 1.65. The number of alkyl halides is 3. The van der Waals surface area contributed by atoms with E-state index in [2.05, 4.69) is 19.9 Å². The van der Waals surface area contributed by atoms with Crippen LogP contribution in [0.5, 0.6) is 0 Å². The highest BCUT2D eigenvalue weighted by Crippen LogP contribution is 2.37. The highest BCUT2D eigenvalue weighted by molar-refractivity contribution is 7.09. The molecule has 0 aliphatic heterocycles. The summed E-state index contributed by atoms with van der Waals surface area (Å²) in [6.07, 6.45) is -7.13. The molecule has 0 fully saturated rings. The molecule has 2 rings (SSSR count). The number of rotatable bonds is 4. The summed E-state index contributed by atoms with van der Waals surface area (Å²) >= 11 is 0.795. The Hall–Kier alpha value is -1.90. The molecular formula is C13H14F3N3O2S. The molecule has 0 saturated carbocycles. The molecule has 1 unspecified atom stereocenters. The van der Waals surface area contributed by atoms with Crippen molar-refractivity contribution in [2.24, 2.45) is 0 Å². The van der Waals surface area contributed by atoms with Gasteiger partial charge in [0.15, 0.2) is 5.69 Å². The first-order valence-corrected chi connectivity index (χ1v) is 7.31. The summed E-state index contributed by atoms with van der Waals surface area (Å²) in [7, 11) is 0. The first kappa shape index (κ1) is 16.5. The molecule has 0 spiro atoms. The number of carbonyl (C=O) groups is 1. The van der Waals surface area contributed by atoms with Gasteiger partial charge in [-0.1, -0.05) is 13.8 Å². The Morgan fingerprint density at radius 2 is 2.09 bits per heavy atom. The van der Waals surface area contributed by atoms with Crippen molar-refractivity contribution in [1.29, 1.82) is 0 Å². The lowest BCUT2D eigenvalue weighted by molar-refractivity contribution is -0.207. The van der Waals surface area contributed by atoms with Gasteiger partial charge in [0.1, 0.15) is 5.01 Å². The van der Waals surface area contributed by atoms with E-state index < -0.39 is 18.2 Å². The van der Waals surface area contributed by atoms with Gasteiger partial charge in [-0.25, -0.2) is 9.78 Å². The number of hydrogen-bond acceptors (Lipinski definition) is 5. The van der Waals surface area contributed by atoms with E-state index in [1.807, 2.05) is 13.8 Å². The molecule has 0 aliphatic carbocycles. The standard InChI is InChI=1S/C13H14F3N3O2S/c1-6(2)8-4-9(19-18-8)12(20)21-10(13(14,15)16)11-17-7(3)5-22-11/h4-6,10H,1-3H3,(H,18,19). The number of nitrogens with one attached hydrogen (secondary N) is 1. The minimum absolute atomic E-state index is 0.0640. The van der Waals surface area contributed by atoms with Crippen LogP contribution in [0.25, 0.3) is 0 Å². The van der Waals surface area contributed by atoms with E-state index in [1.54, 1.807) is 6.92 Å². The van der Waals surface area contributed by atoms with Crippen molar-refractivity contribution < 1.29 is 22.7 Å². The third-order valence-corrected chi connectivity index (χ3v) is 3.82. The monoisotopic (exact) mass is 333 g/mol.